The molecule has 1 aromatic carbocycles. The molecule has 3 heterocycles. The molecule has 0 N–H and O–H groups in total. The van der Waals surface area contributed by atoms with Gasteiger partial charge in [0.2, 0.25) is 0 Å². The molecule has 0 bridgehead atoms. The van der Waals surface area contributed by atoms with Crippen molar-refractivity contribution in [3.05, 3.63) is 34.9 Å². The first kappa shape index (κ1) is 36.7. The Morgan fingerprint density at radius 2 is 0.622 bits per heavy atom. The Hall–Kier alpha value is -1.14. The Morgan fingerprint density at radius 3 is 0.800 bits per heavy atom. The highest BCUT2D eigenvalue weighted by molar-refractivity contribution is 5.29. The van der Waals surface area contributed by atoms with Crippen molar-refractivity contribution in [2.45, 2.75) is 193 Å². The molecule has 0 spiro atoms. The molecule has 3 radical (unpaired) electrons. The van der Waals surface area contributed by atoms with Crippen LogP contribution in [0.4, 0.5) is 0 Å². The van der Waals surface area contributed by atoms with E-state index in [2.05, 4.69) is 18.2 Å². The fourth-order valence-electron chi connectivity index (χ4n) is 8.60. The van der Waals surface area contributed by atoms with E-state index in [0.717, 1.165) is 16.7 Å². The van der Waals surface area contributed by atoms with E-state index in [9.17, 15) is 15.6 Å². The lowest BCUT2D eigenvalue weighted by atomic mass is 9.80. The lowest BCUT2D eigenvalue weighted by Gasteiger charge is -2.49. The lowest BCUT2D eigenvalue weighted by Crippen LogP contribution is -2.59. The largest absolute Gasteiger partial charge is 0.373 e. The van der Waals surface area contributed by atoms with Crippen LogP contribution in [0.1, 0.15) is 138 Å². The summed E-state index contributed by atoms with van der Waals surface area (Å²) in [7, 11) is 0. The third kappa shape index (κ3) is 8.48. The topological polar surface area (TPSA) is 97.1 Å². The minimum Gasteiger partial charge on any atom is -0.373 e. The van der Waals surface area contributed by atoms with Crippen molar-refractivity contribution in [1.82, 2.24) is 15.2 Å². The molecule has 255 valence electrons. The van der Waals surface area contributed by atoms with Crippen molar-refractivity contribution in [1.29, 1.82) is 0 Å². The maximum Gasteiger partial charge on any atom is 0.0720 e. The lowest BCUT2D eigenvalue weighted by molar-refractivity contribution is -0.301. The summed E-state index contributed by atoms with van der Waals surface area (Å²) in [4.78, 5) is 0. The number of benzene rings is 1. The van der Waals surface area contributed by atoms with Crippen LogP contribution in [0, 0.1) is 0 Å². The number of rotatable bonds is 9. The predicted octanol–water partition coefficient (Wildman–Crippen LogP) is 7.34. The number of hydroxylamine groups is 6. The molecule has 9 heteroatoms. The van der Waals surface area contributed by atoms with Gasteiger partial charge in [0.15, 0.2) is 0 Å². The fraction of sp³-hybridized carbons (Fsp3) is 0.833. The smallest absolute Gasteiger partial charge is 0.0720 e. The van der Waals surface area contributed by atoms with E-state index in [4.69, 9.17) is 14.2 Å². The SMILES string of the molecule is CC1(C)CC(OCc2cc(COC3CC(C)(C)N([O])C(C)(C)C3)cc(COC3CC(C)(C)N([O])C(C)(C)C3)c2)CC(C)(C)N1[O]. The molecule has 3 aliphatic rings. The number of ether oxygens (including phenoxy) is 3. The van der Waals surface area contributed by atoms with E-state index < -0.39 is 33.2 Å². The van der Waals surface area contributed by atoms with Crippen LogP contribution in [0.5, 0.6) is 0 Å². The molecule has 3 fully saturated rings. The Morgan fingerprint density at radius 1 is 0.444 bits per heavy atom. The van der Waals surface area contributed by atoms with Crippen molar-refractivity contribution < 1.29 is 29.8 Å². The van der Waals surface area contributed by atoms with Gasteiger partial charge in [-0.1, -0.05) is 18.2 Å². The highest BCUT2D eigenvalue weighted by Gasteiger charge is 2.48. The van der Waals surface area contributed by atoms with E-state index in [-0.39, 0.29) is 18.3 Å². The third-order valence-electron chi connectivity index (χ3n) is 10.2. The average molecular weight is 631 g/mol. The first-order chi connectivity index (χ1) is 20.4. The molecule has 0 atom stereocenters. The number of nitrogens with zero attached hydrogens (tertiary/aromatic N) is 3. The zero-order valence-electron chi connectivity index (χ0n) is 30.1. The van der Waals surface area contributed by atoms with Gasteiger partial charge < -0.3 is 14.2 Å². The van der Waals surface area contributed by atoms with Crippen molar-refractivity contribution in [3.8, 4) is 0 Å². The van der Waals surface area contributed by atoms with Gasteiger partial charge in [0.25, 0.3) is 0 Å². The molecule has 0 saturated carbocycles. The van der Waals surface area contributed by atoms with Crippen LogP contribution in [-0.4, -0.2) is 66.7 Å². The molecule has 9 nitrogen and oxygen atoms in total. The Kier molecular flexibility index (Phi) is 10.4. The Balaban J connectivity index is 1.50. The predicted molar refractivity (Wildman–Crippen MR) is 172 cm³/mol. The van der Waals surface area contributed by atoms with Gasteiger partial charge in [-0.3, -0.25) is 0 Å². The first-order valence-electron chi connectivity index (χ1n) is 16.8. The summed E-state index contributed by atoms with van der Waals surface area (Å²) in [5, 5.41) is 42.3. The van der Waals surface area contributed by atoms with Gasteiger partial charge >= 0.3 is 0 Å². The van der Waals surface area contributed by atoms with E-state index in [1.807, 2.05) is 83.1 Å². The standard InChI is InChI=1S/C36H60N3O6/c1-31(2)16-28(17-32(3,4)37(31)40)43-22-25-13-26(23-44-29-18-33(5,6)38(41)34(7,8)19-29)15-27(14-25)24-45-30-20-35(9,10)39(42)36(11,12)21-30/h13-15,28-30H,16-24H2,1-12H3. The quantitative estimate of drug-likeness (QED) is 0.283. The maximum atomic E-state index is 12.9. The highest BCUT2D eigenvalue weighted by atomic mass is 16.5. The second-order valence-electron chi connectivity index (χ2n) is 17.9. The van der Waals surface area contributed by atoms with E-state index >= 15 is 0 Å². The minimum absolute atomic E-state index is 0.0247. The third-order valence-corrected chi connectivity index (χ3v) is 10.2. The second kappa shape index (κ2) is 12.7. The molecule has 1 aromatic rings. The normalized spacial score (nSPS) is 27.5. The van der Waals surface area contributed by atoms with Crippen LogP contribution in [0.15, 0.2) is 18.2 Å². The van der Waals surface area contributed by atoms with Crippen LogP contribution >= 0.6 is 0 Å². The first-order valence-corrected chi connectivity index (χ1v) is 16.8. The van der Waals surface area contributed by atoms with Gasteiger partial charge in [-0.2, -0.15) is 0 Å². The second-order valence-corrected chi connectivity index (χ2v) is 17.9. The van der Waals surface area contributed by atoms with Gasteiger partial charge in [0.1, 0.15) is 0 Å². The van der Waals surface area contributed by atoms with E-state index in [0.29, 0.717) is 58.3 Å². The summed E-state index contributed by atoms with van der Waals surface area (Å²) in [6.45, 7) is 25.2. The van der Waals surface area contributed by atoms with Crippen LogP contribution in [0.25, 0.3) is 0 Å². The molecular formula is C36H60N3O6. The monoisotopic (exact) mass is 630 g/mol. The Labute approximate surface area is 272 Å². The zero-order chi connectivity index (χ0) is 33.8. The molecule has 45 heavy (non-hydrogen) atoms. The van der Waals surface area contributed by atoms with E-state index in [1.165, 1.54) is 15.2 Å². The summed E-state index contributed by atoms with van der Waals surface area (Å²) in [5.41, 5.74) is 0.146. The molecule has 0 aromatic heterocycles. The van der Waals surface area contributed by atoms with Gasteiger partial charge in [-0.25, -0.2) is 0 Å². The molecule has 3 aliphatic heterocycles. The molecule has 4 rings (SSSR count). The van der Waals surface area contributed by atoms with Crippen LogP contribution < -0.4 is 0 Å². The summed E-state index contributed by atoms with van der Waals surface area (Å²) in [6.07, 6.45) is 3.97. The van der Waals surface area contributed by atoms with Gasteiger partial charge in [-0.05, 0) is 138 Å². The number of hydrogen-bond acceptors (Lipinski definition) is 6. The number of hydrogen-bond donors (Lipinski definition) is 0. The van der Waals surface area contributed by atoms with E-state index in [1.54, 1.807) is 0 Å². The summed E-state index contributed by atoms with van der Waals surface area (Å²) in [5.74, 6) is 0. The maximum absolute atomic E-state index is 12.9. The molecule has 0 aliphatic carbocycles. The molecular weight excluding hydrogens is 570 g/mol. The van der Waals surface area contributed by atoms with Gasteiger partial charge in [0.05, 0.1) is 38.1 Å². The fourth-order valence-corrected chi connectivity index (χ4v) is 8.60. The Bertz CT molecular complexity index is 970. The summed E-state index contributed by atoms with van der Waals surface area (Å²) in [6, 6.07) is 6.43. The van der Waals surface area contributed by atoms with Crippen LogP contribution in [-0.2, 0) is 49.7 Å². The highest BCUT2D eigenvalue weighted by Crippen LogP contribution is 2.41. The molecule has 0 unspecified atom stereocenters. The summed E-state index contributed by atoms with van der Waals surface area (Å²) >= 11 is 0. The van der Waals surface area contributed by atoms with Crippen molar-refractivity contribution >= 4 is 0 Å². The molecule has 0 amide bonds. The zero-order valence-corrected chi connectivity index (χ0v) is 30.1. The summed E-state index contributed by atoms with van der Waals surface area (Å²) < 4.78 is 19.5. The van der Waals surface area contributed by atoms with Crippen LogP contribution in [0.2, 0.25) is 0 Å². The van der Waals surface area contributed by atoms with Crippen molar-refractivity contribution in [3.63, 3.8) is 0 Å². The number of piperidine rings is 3. The van der Waals surface area contributed by atoms with Gasteiger partial charge in [-0.15, -0.1) is 30.8 Å². The van der Waals surface area contributed by atoms with Crippen LogP contribution in [0.3, 0.4) is 0 Å². The van der Waals surface area contributed by atoms with Gasteiger partial charge in [0, 0.05) is 33.2 Å². The van der Waals surface area contributed by atoms with Crippen molar-refractivity contribution in [2.24, 2.45) is 0 Å². The minimum atomic E-state index is -0.496. The van der Waals surface area contributed by atoms with Crippen molar-refractivity contribution in [2.75, 3.05) is 0 Å². The average Bonchev–Trinajstić information content (AvgIpc) is 2.89. The molecule has 3 saturated heterocycles.